The maximum absolute atomic E-state index is 14.6. The second-order valence-electron chi connectivity index (χ2n) is 7.45. The molecule has 7 nitrogen and oxygen atoms in total. The number of nitrogens with one attached hydrogen (secondary N) is 1. The molecule has 3 aromatic carbocycles. The third-order valence-electron chi connectivity index (χ3n) is 5.30. The molecule has 0 unspecified atom stereocenters. The third kappa shape index (κ3) is 4.58. The standard InChI is InChI=1S/C24H14ClF2N5O2.CH4/c25-14-4-9-17-18(10-14)23(21-19(26)2-1-3-20(21)27)28-11-13-12-29-24(31-22(13)17)30-15-5-7-16(8-6-15)32(33)34;/h1-10,12H,11H2,(H,29,30,31);1H4. The Balaban J connectivity index is 0.00000289. The number of anilines is 2. The van der Waals surface area contributed by atoms with Gasteiger partial charge in [0.2, 0.25) is 5.95 Å². The van der Waals surface area contributed by atoms with Crippen molar-refractivity contribution >= 4 is 34.6 Å². The lowest BCUT2D eigenvalue weighted by atomic mass is 9.95. The van der Waals surface area contributed by atoms with E-state index in [0.29, 0.717) is 33.1 Å². The number of hydrogen-bond acceptors (Lipinski definition) is 6. The smallest absolute Gasteiger partial charge is 0.269 e. The normalized spacial score (nSPS) is 11.9. The fourth-order valence-electron chi connectivity index (χ4n) is 3.72. The summed E-state index contributed by atoms with van der Waals surface area (Å²) < 4.78 is 29.3. The van der Waals surface area contributed by atoms with Crippen molar-refractivity contribution in [2.75, 3.05) is 5.32 Å². The molecule has 5 rings (SSSR count). The van der Waals surface area contributed by atoms with Gasteiger partial charge in [0.05, 0.1) is 28.4 Å². The summed E-state index contributed by atoms with van der Waals surface area (Å²) in [5.74, 6) is -1.22. The van der Waals surface area contributed by atoms with Gasteiger partial charge in [-0.05, 0) is 36.4 Å². The predicted octanol–water partition coefficient (Wildman–Crippen LogP) is 6.71. The first-order valence-corrected chi connectivity index (χ1v) is 10.4. The molecule has 1 aliphatic heterocycles. The first kappa shape index (κ1) is 23.9. The minimum atomic E-state index is -0.734. The molecule has 35 heavy (non-hydrogen) atoms. The molecule has 0 saturated carbocycles. The van der Waals surface area contributed by atoms with Crippen LogP contribution < -0.4 is 5.32 Å². The molecule has 2 heterocycles. The number of nitro benzene ring substituents is 1. The lowest BCUT2D eigenvalue weighted by Gasteiger charge is -2.13. The summed E-state index contributed by atoms with van der Waals surface area (Å²) in [5, 5.41) is 14.3. The highest BCUT2D eigenvalue weighted by Gasteiger charge is 2.25. The van der Waals surface area contributed by atoms with Gasteiger partial charge in [0, 0.05) is 45.7 Å². The zero-order chi connectivity index (χ0) is 23.8. The summed E-state index contributed by atoms with van der Waals surface area (Å²) in [6.07, 6.45) is 1.58. The Kier molecular flexibility index (Phi) is 6.52. The van der Waals surface area contributed by atoms with E-state index in [4.69, 9.17) is 11.6 Å². The minimum absolute atomic E-state index is 0. The molecule has 10 heteroatoms. The van der Waals surface area contributed by atoms with Crippen LogP contribution in [0.5, 0.6) is 0 Å². The average molecular weight is 494 g/mol. The lowest BCUT2D eigenvalue weighted by molar-refractivity contribution is -0.384. The molecule has 1 N–H and O–H groups in total. The first-order chi connectivity index (χ1) is 16.4. The van der Waals surface area contributed by atoms with Gasteiger partial charge < -0.3 is 5.32 Å². The Morgan fingerprint density at radius 2 is 1.71 bits per heavy atom. The summed E-state index contributed by atoms with van der Waals surface area (Å²) in [4.78, 5) is 23.8. The topological polar surface area (TPSA) is 93.3 Å². The molecular weight excluding hydrogens is 476 g/mol. The highest BCUT2D eigenvalue weighted by molar-refractivity contribution is 6.31. The SMILES string of the molecule is C.O=[N+]([O-])c1ccc(Nc2ncc3c(n2)-c2ccc(Cl)cc2C(c2c(F)cccc2F)=NC3)cc1. The summed E-state index contributed by atoms with van der Waals surface area (Å²) in [5.41, 5.74) is 2.63. The van der Waals surface area contributed by atoms with Gasteiger partial charge in [-0.1, -0.05) is 31.2 Å². The molecule has 1 aliphatic rings. The van der Waals surface area contributed by atoms with Gasteiger partial charge in [0.15, 0.2) is 0 Å². The van der Waals surface area contributed by atoms with Gasteiger partial charge in [0.1, 0.15) is 11.6 Å². The molecule has 0 atom stereocenters. The van der Waals surface area contributed by atoms with Crippen LogP contribution in [-0.4, -0.2) is 20.6 Å². The van der Waals surface area contributed by atoms with Crippen molar-refractivity contribution in [3.8, 4) is 11.3 Å². The van der Waals surface area contributed by atoms with Crippen molar-refractivity contribution < 1.29 is 13.7 Å². The van der Waals surface area contributed by atoms with Gasteiger partial charge in [-0.15, -0.1) is 0 Å². The van der Waals surface area contributed by atoms with E-state index in [9.17, 15) is 18.9 Å². The Hall–Kier alpha value is -4.24. The highest BCUT2D eigenvalue weighted by atomic mass is 35.5. The van der Waals surface area contributed by atoms with Crippen LogP contribution in [0, 0.1) is 21.7 Å². The minimum Gasteiger partial charge on any atom is -0.324 e. The van der Waals surface area contributed by atoms with E-state index in [-0.39, 0.29) is 36.9 Å². The number of hydrogen-bond donors (Lipinski definition) is 1. The van der Waals surface area contributed by atoms with E-state index in [1.54, 1.807) is 36.5 Å². The van der Waals surface area contributed by atoms with Crippen LogP contribution in [0.2, 0.25) is 5.02 Å². The van der Waals surface area contributed by atoms with Crippen LogP contribution in [0.15, 0.2) is 71.9 Å². The second kappa shape index (κ2) is 9.55. The fourth-order valence-corrected chi connectivity index (χ4v) is 3.89. The van der Waals surface area contributed by atoms with Gasteiger partial charge in [-0.25, -0.2) is 18.7 Å². The van der Waals surface area contributed by atoms with Crippen LogP contribution >= 0.6 is 11.6 Å². The van der Waals surface area contributed by atoms with Crippen LogP contribution in [0.25, 0.3) is 11.3 Å². The van der Waals surface area contributed by atoms with E-state index in [1.165, 1.54) is 30.3 Å². The number of nitrogens with zero attached hydrogens (tertiary/aromatic N) is 4. The van der Waals surface area contributed by atoms with E-state index >= 15 is 0 Å². The Morgan fingerprint density at radius 1 is 1.00 bits per heavy atom. The number of benzene rings is 3. The molecule has 0 spiro atoms. The second-order valence-corrected chi connectivity index (χ2v) is 7.88. The maximum atomic E-state index is 14.6. The van der Waals surface area contributed by atoms with E-state index in [2.05, 4.69) is 20.3 Å². The summed E-state index contributed by atoms with van der Waals surface area (Å²) in [6.45, 7) is 0.0998. The average Bonchev–Trinajstić information content (AvgIpc) is 2.96. The zero-order valence-electron chi connectivity index (χ0n) is 17.3. The Labute approximate surface area is 204 Å². The molecule has 4 aromatic rings. The van der Waals surface area contributed by atoms with Gasteiger partial charge >= 0.3 is 0 Å². The van der Waals surface area contributed by atoms with Crippen LogP contribution in [0.3, 0.4) is 0 Å². The van der Waals surface area contributed by atoms with Crippen molar-refractivity contribution in [2.45, 2.75) is 14.0 Å². The van der Waals surface area contributed by atoms with Gasteiger partial charge in [-0.3, -0.25) is 15.1 Å². The number of rotatable bonds is 4. The number of aliphatic imine (C=N–C) groups is 1. The van der Waals surface area contributed by atoms with E-state index < -0.39 is 16.6 Å². The third-order valence-corrected chi connectivity index (χ3v) is 5.53. The Bertz CT molecular complexity index is 1460. The van der Waals surface area contributed by atoms with Crippen molar-refractivity contribution in [3.05, 3.63) is 110 Å². The summed E-state index contributed by atoms with van der Waals surface area (Å²) in [6, 6.07) is 14.5. The summed E-state index contributed by atoms with van der Waals surface area (Å²) >= 11 is 6.23. The molecule has 176 valence electrons. The van der Waals surface area contributed by atoms with Crippen LogP contribution in [0.4, 0.5) is 26.1 Å². The number of aromatic nitrogens is 2. The Morgan fingerprint density at radius 3 is 2.40 bits per heavy atom. The van der Waals surface area contributed by atoms with Crippen molar-refractivity contribution in [1.29, 1.82) is 0 Å². The number of halogens is 3. The van der Waals surface area contributed by atoms with Crippen LogP contribution in [-0.2, 0) is 6.54 Å². The van der Waals surface area contributed by atoms with Gasteiger partial charge in [-0.2, -0.15) is 0 Å². The van der Waals surface area contributed by atoms with E-state index in [1.807, 2.05) is 0 Å². The number of non-ortho nitro benzene ring substituents is 1. The fraction of sp³-hybridized carbons (Fsp3) is 0.0800. The quantitative estimate of drug-likeness (QED) is 0.252. The molecule has 0 saturated heterocycles. The highest BCUT2D eigenvalue weighted by Crippen LogP contribution is 2.34. The summed E-state index contributed by atoms with van der Waals surface area (Å²) in [7, 11) is 0. The molecule has 0 amide bonds. The van der Waals surface area contributed by atoms with E-state index in [0.717, 1.165) is 0 Å². The number of nitro groups is 1. The molecule has 0 aliphatic carbocycles. The van der Waals surface area contributed by atoms with Crippen molar-refractivity contribution in [2.24, 2.45) is 4.99 Å². The molecule has 1 aromatic heterocycles. The zero-order valence-corrected chi connectivity index (χ0v) is 18.1. The van der Waals surface area contributed by atoms with Crippen molar-refractivity contribution in [1.82, 2.24) is 9.97 Å². The molecule has 0 radical (unpaired) electrons. The molecule has 0 fully saturated rings. The largest absolute Gasteiger partial charge is 0.324 e. The lowest BCUT2D eigenvalue weighted by Crippen LogP contribution is -2.10. The molecular formula is C25H18ClF2N5O2. The first-order valence-electron chi connectivity index (χ1n) is 10.1. The molecule has 0 bridgehead atoms. The van der Waals surface area contributed by atoms with Gasteiger partial charge in [0.25, 0.3) is 5.69 Å². The van der Waals surface area contributed by atoms with Crippen molar-refractivity contribution in [3.63, 3.8) is 0 Å². The maximum Gasteiger partial charge on any atom is 0.269 e. The number of fused-ring (bicyclic) bond motifs is 3. The van der Waals surface area contributed by atoms with Crippen LogP contribution in [0.1, 0.15) is 24.1 Å². The predicted molar refractivity (Wildman–Crippen MR) is 131 cm³/mol. The monoisotopic (exact) mass is 493 g/mol.